The summed E-state index contributed by atoms with van der Waals surface area (Å²) in [6, 6.07) is 4.00. The van der Waals surface area contributed by atoms with Gasteiger partial charge in [-0.25, -0.2) is 0 Å². The van der Waals surface area contributed by atoms with Crippen molar-refractivity contribution in [3.63, 3.8) is 0 Å². The van der Waals surface area contributed by atoms with Crippen LogP contribution in [0.1, 0.15) is 38.1 Å². The van der Waals surface area contributed by atoms with Crippen LogP contribution in [0.15, 0.2) is 12.1 Å². The molecule has 1 heterocycles. The minimum atomic E-state index is 0.659. The third-order valence-corrected chi connectivity index (χ3v) is 3.01. The number of aryl methyl sites for hydroxylation is 2. The molecule has 0 aliphatic heterocycles. The number of hydrogen-bond donors (Lipinski definition) is 1. The van der Waals surface area contributed by atoms with E-state index in [9.17, 15) is 0 Å². The molecule has 0 aliphatic rings. The molecule has 0 amide bonds. The van der Waals surface area contributed by atoms with Crippen LogP contribution in [0.5, 0.6) is 5.75 Å². The van der Waals surface area contributed by atoms with E-state index in [1.165, 1.54) is 6.42 Å². The van der Waals surface area contributed by atoms with Crippen LogP contribution in [-0.2, 0) is 11.2 Å². The molecule has 1 N–H and O–H groups in total. The highest BCUT2D eigenvalue weighted by molar-refractivity contribution is 5.29. The highest BCUT2D eigenvalue weighted by Crippen LogP contribution is 2.16. The Morgan fingerprint density at radius 1 is 1.10 bits per heavy atom. The van der Waals surface area contributed by atoms with Crippen LogP contribution in [0.4, 0.5) is 0 Å². The summed E-state index contributed by atoms with van der Waals surface area (Å²) in [5.41, 5.74) is 2.07. The Kier molecular flexibility index (Phi) is 9.00. The fraction of sp³-hybridized carbons (Fsp3) is 0.688. The second-order valence-corrected chi connectivity index (χ2v) is 4.82. The van der Waals surface area contributed by atoms with Crippen LogP contribution in [-0.4, -0.2) is 37.9 Å². The maximum atomic E-state index is 5.76. The lowest BCUT2D eigenvalue weighted by Gasteiger charge is -2.11. The van der Waals surface area contributed by atoms with Gasteiger partial charge in [0, 0.05) is 25.4 Å². The lowest BCUT2D eigenvalue weighted by atomic mass is 10.2. The van der Waals surface area contributed by atoms with Crippen LogP contribution in [0.3, 0.4) is 0 Å². The van der Waals surface area contributed by atoms with Crippen molar-refractivity contribution in [1.29, 1.82) is 0 Å². The number of aromatic nitrogens is 1. The number of nitrogens with one attached hydrogen (secondary N) is 1. The molecule has 1 aromatic heterocycles. The van der Waals surface area contributed by atoms with Crippen molar-refractivity contribution in [2.45, 2.75) is 40.0 Å². The molecule has 0 saturated heterocycles. The molecule has 1 rings (SSSR count). The molecule has 20 heavy (non-hydrogen) atoms. The van der Waals surface area contributed by atoms with Gasteiger partial charge in [0.2, 0.25) is 0 Å². The number of unbranched alkanes of at least 4 members (excludes halogenated alkanes) is 1. The molecule has 1 aromatic rings. The van der Waals surface area contributed by atoms with E-state index in [4.69, 9.17) is 9.47 Å². The maximum Gasteiger partial charge on any atom is 0.140 e. The normalized spacial score (nSPS) is 10.8. The topological polar surface area (TPSA) is 43.4 Å². The van der Waals surface area contributed by atoms with Crippen molar-refractivity contribution in [3.05, 3.63) is 23.5 Å². The summed E-state index contributed by atoms with van der Waals surface area (Å²) in [7, 11) is 0. The second kappa shape index (κ2) is 10.6. The molecule has 0 spiro atoms. The van der Waals surface area contributed by atoms with E-state index in [0.29, 0.717) is 6.61 Å². The first kappa shape index (κ1) is 16.9. The fourth-order valence-corrected chi connectivity index (χ4v) is 1.83. The average Bonchev–Trinajstić information content (AvgIpc) is 2.46. The van der Waals surface area contributed by atoms with Gasteiger partial charge in [-0.2, -0.15) is 0 Å². The first-order valence-corrected chi connectivity index (χ1v) is 7.65. The van der Waals surface area contributed by atoms with E-state index >= 15 is 0 Å². The van der Waals surface area contributed by atoms with E-state index in [0.717, 1.165) is 56.3 Å². The summed E-state index contributed by atoms with van der Waals surface area (Å²) in [6.45, 7) is 10.3. The summed E-state index contributed by atoms with van der Waals surface area (Å²) in [5, 5.41) is 3.31. The van der Waals surface area contributed by atoms with Gasteiger partial charge in [-0.15, -0.1) is 0 Å². The van der Waals surface area contributed by atoms with Gasteiger partial charge in [-0.1, -0.05) is 20.3 Å². The highest BCUT2D eigenvalue weighted by atomic mass is 16.5. The molecular formula is C16H28N2O2. The molecule has 0 bridgehead atoms. The Morgan fingerprint density at radius 3 is 2.65 bits per heavy atom. The molecule has 0 atom stereocenters. The fourth-order valence-electron chi connectivity index (χ4n) is 1.83. The first-order chi connectivity index (χ1) is 9.77. The molecule has 4 nitrogen and oxygen atoms in total. The third-order valence-electron chi connectivity index (χ3n) is 3.01. The molecule has 4 heteroatoms. The van der Waals surface area contributed by atoms with E-state index in [1.54, 1.807) is 0 Å². The minimum Gasteiger partial charge on any atom is -0.490 e. The van der Waals surface area contributed by atoms with Crippen LogP contribution >= 0.6 is 0 Å². The van der Waals surface area contributed by atoms with Crippen molar-refractivity contribution in [3.8, 4) is 5.75 Å². The summed E-state index contributed by atoms with van der Waals surface area (Å²) >= 11 is 0. The molecule has 0 saturated carbocycles. The number of nitrogens with zero attached hydrogens (tertiary/aromatic N) is 1. The van der Waals surface area contributed by atoms with Gasteiger partial charge in [0.1, 0.15) is 12.4 Å². The van der Waals surface area contributed by atoms with Crippen molar-refractivity contribution in [2.75, 3.05) is 32.9 Å². The number of pyridine rings is 1. The van der Waals surface area contributed by atoms with E-state index in [-0.39, 0.29) is 0 Å². The molecule has 0 fully saturated rings. The smallest absolute Gasteiger partial charge is 0.140 e. The van der Waals surface area contributed by atoms with Crippen LogP contribution in [0.2, 0.25) is 0 Å². The quantitative estimate of drug-likeness (QED) is 0.633. The molecule has 0 aliphatic carbocycles. The molecule has 0 radical (unpaired) electrons. The SMILES string of the molecule is CCCCOCCNCCOc1ccc(C)nc1CC. The lowest BCUT2D eigenvalue weighted by molar-refractivity contribution is 0.132. The van der Waals surface area contributed by atoms with E-state index in [2.05, 4.69) is 24.1 Å². The number of rotatable bonds is 11. The molecule has 0 unspecified atom stereocenters. The molecular weight excluding hydrogens is 252 g/mol. The van der Waals surface area contributed by atoms with Crippen molar-refractivity contribution in [2.24, 2.45) is 0 Å². The zero-order chi connectivity index (χ0) is 14.6. The standard InChI is InChI=1S/C16H28N2O2/c1-4-6-11-19-12-9-17-10-13-20-16-8-7-14(3)18-15(16)5-2/h7-8,17H,4-6,9-13H2,1-3H3. The monoisotopic (exact) mass is 280 g/mol. The number of ether oxygens (including phenoxy) is 2. The van der Waals surface area contributed by atoms with Gasteiger partial charge in [-0.05, 0) is 31.9 Å². The Morgan fingerprint density at radius 2 is 1.90 bits per heavy atom. The highest BCUT2D eigenvalue weighted by Gasteiger charge is 2.03. The van der Waals surface area contributed by atoms with E-state index < -0.39 is 0 Å². The average molecular weight is 280 g/mol. The minimum absolute atomic E-state index is 0.659. The lowest BCUT2D eigenvalue weighted by Crippen LogP contribution is -2.25. The van der Waals surface area contributed by atoms with Crippen molar-refractivity contribution >= 4 is 0 Å². The Balaban J connectivity index is 2.09. The van der Waals surface area contributed by atoms with Gasteiger partial charge < -0.3 is 14.8 Å². The largest absolute Gasteiger partial charge is 0.490 e. The van der Waals surface area contributed by atoms with Gasteiger partial charge in [0.15, 0.2) is 0 Å². The summed E-state index contributed by atoms with van der Waals surface area (Å²) in [6.07, 6.45) is 3.23. The number of hydrogen-bond acceptors (Lipinski definition) is 4. The third kappa shape index (κ3) is 6.87. The Labute approximate surface area is 122 Å². The van der Waals surface area contributed by atoms with Crippen LogP contribution < -0.4 is 10.1 Å². The summed E-state index contributed by atoms with van der Waals surface area (Å²) in [5.74, 6) is 0.902. The maximum absolute atomic E-state index is 5.76. The van der Waals surface area contributed by atoms with Crippen molar-refractivity contribution in [1.82, 2.24) is 10.3 Å². The van der Waals surface area contributed by atoms with Gasteiger partial charge in [-0.3, -0.25) is 4.98 Å². The van der Waals surface area contributed by atoms with Gasteiger partial charge >= 0.3 is 0 Å². The van der Waals surface area contributed by atoms with Crippen LogP contribution in [0.25, 0.3) is 0 Å². The second-order valence-electron chi connectivity index (χ2n) is 4.82. The molecule has 114 valence electrons. The van der Waals surface area contributed by atoms with Gasteiger partial charge in [0.05, 0.1) is 12.3 Å². The van der Waals surface area contributed by atoms with Crippen LogP contribution in [0, 0.1) is 6.92 Å². The Hall–Kier alpha value is -1.13. The predicted octanol–water partition coefficient (Wildman–Crippen LogP) is 2.74. The van der Waals surface area contributed by atoms with Crippen molar-refractivity contribution < 1.29 is 9.47 Å². The summed E-state index contributed by atoms with van der Waals surface area (Å²) < 4.78 is 11.2. The first-order valence-electron chi connectivity index (χ1n) is 7.65. The Bertz CT molecular complexity index is 369. The van der Waals surface area contributed by atoms with E-state index in [1.807, 2.05) is 19.1 Å². The van der Waals surface area contributed by atoms with Gasteiger partial charge in [0.25, 0.3) is 0 Å². The zero-order valence-corrected chi connectivity index (χ0v) is 13.1. The molecule has 0 aromatic carbocycles. The predicted molar refractivity (Wildman–Crippen MR) is 82.4 cm³/mol. The summed E-state index contributed by atoms with van der Waals surface area (Å²) in [4.78, 5) is 4.48. The zero-order valence-electron chi connectivity index (χ0n) is 13.1.